The van der Waals surface area contributed by atoms with E-state index in [-0.39, 0.29) is 0 Å². The van der Waals surface area contributed by atoms with Crippen LogP contribution >= 0.6 is 0 Å². The largest absolute Gasteiger partial charge is 0.455 e. The lowest BCUT2D eigenvalue weighted by Crippen LogP contribution is -1.87. The van der Waals surface area contributed by atoms with Gasteiger partial charge in [-0.1, -0.05) is 30.3 Å². The van der Waals surface area contributed by atoms with Crippen LogP contribution in [0.2, 0.25) is 0 Å². The number of nitrogens with zero attached hydrogens (tertiary/aromatic N) is 1. The van der Waals surface area contributed by atoms with Gasteiger partial charge in [-0.25, -0.2) is 0 Å². The zero-order valence-electron chi connectivity index (χ0n) is 7.97. The van der Waals surface area contributed by atoms with E-state index in [0.717, 1.165) is 0 Å². The van der Waals surface area contributed by atoms with E-state index in [9.17, 15) is 0 Å². The van der Waals surface area contributed by atoms with Crippen molar-refractivity contribution in [1.82, 2.24) is 0 Å². The van der Waals surface area contributed by atoms with Crippen molar-refractivity contribution in [2.75, 3.05) is 0 Å². The number of nitriles is 1. The normalized spacial score (nSPS) is 9.27. The van der Waals surface area contributed by atoms with Gasteiger partial charge in [-0.05, 0) is 18.2 Å². The molecule has 0 aliphatic rings. The summed E-state index contributed by atoms with van der Waals surface area (Å²) in [6.07, 6.45) is 0. The molecule has 0 aliphatic carbocycles. The van der Waals surface area contributed by atoms with Gasteiger partial charge >= 0.3 is 0 Å². The van der Waals surface area contributed by atoms with Crippen molar-refractivity contribution in [3.05, 3.63) is 60.2 Å². The van der Waals surface area contributed by atoms with Crippen LogP contribution in [0.3, 0.4) is 0 Å². The first-order valence-corrected chi connectivity index (χ1v) is 4.54. The Labute approximate surface area is 88.4 Å². The van der Waals surface area contributed by atoms with Crippen molar-refractivity contribution in [3.8, 4) is 17.6 Å². The number of hydrogen-bond donors (Lipinski definition) is 0. The van der Waals surface area contributed by atoms with E-state index < -0.39 is 0 Å². The Bertz CT molecular complexity index is 485. The first-order valence-electron chi connectivity index (χ1n) is 4.54. The van der Waals surface area contributed by atoms with Gasteiger partial charge in [0.05, 0.1) is 5.56 Å². The summed E-state index contributed by atoms with van der Waals surface area (Å²) in [5.74, 6) is 1.17. The number of benzene rings is 2. The smallest absolute Gasteiger partial charge is 0.153 e. The molecule has 2 heteroatoms. The molecule has 0 bridgehead atoms. The van der Waals surface area contributed by atoms with Gasteiger partial charge in [-0.2, -0.15) is 5.26 Å². The third-order valence-corrected chi connectivity index (χ3v) is 1.90. The van der Waals surface area contributed by atoms with Crippen LogP contribution in [0.15, 0.2) is 48.5 Å². The quantitative estimate of drug-likeness (QED) is 0.735. The van der Waals surface area contributed by atoms with Crippen molar-refractivity contribution in [2.24, 2.45) is 0 Å². The zero-order valence-corrected chi connectivity index (χ0v) is 7.97. The molecule has 0 spiro atoms. The van der Waals surface area contributed by atoms with Gasteiger partial charge in [0, 0.05) is 6.07 Å². The summed E-state index contributed by atoms with van der Waals surface area (Å²) in [5.41, 5.74) is 0.487. The van der Waals surface area contributed by atoms with E-state index in [4.69, 9.17) is 10.00 Å². The SMILES string of the molecule is N#Cc1ccc[c]c1Oc1ccccc1. The lowest BCUT2D eigenvalue weighted by molar-refractivity contribution is 0.480. The molecule has 2 aromatic rings. The predicted molar refractivity (Wildman–Crippen MR) is 56.5 cm³/mol. The van der Waals surface area contributed by atoms with E-state index in [2.05, 4.69) is 12.1 Å². The number of para-hydroxylation sites is 2. The molecule has 2 nitrogen and oxygen atoms in total. The van der Waals surface area contributed by atoms with Crippen molar-refractivity contribution in [1.29, 1.82) is 5.26 Å². The van der Waals surface area contributed by atoms with Crippen LogP contribution in [0.4, 0.5) is 0 Å². The van der Waals surface area contributed by atoms with Crippen LogP contribution < -0.4 is 4.74 Å². The molecule has 0 aromatic heterocycles. The van der Waals surface area contributed by atoms with E-state index in [0.29, 0.717) is 17.1 Å². The van der Waals surface area contributed by atoms with E-state index in [1.54, 1.807) is 18.2 Å². The minimum absolute atomic E-state index is 0.464. The van der Waals surface area contributed by atoms with Gasteiger partial charge in [0.2, 0.25) is 0 Å². The summed E-state index contributed by atoms with van der Waals surface area (Å²) in [4.78, 5) is 0. The van der Waals surface area contributed by atoms with Crippen LogP contribution in [0.1, 0.15) is 5.56 Å². The molecule has 0 N–H and O–H groups in total. The molecule has 1 radical (unpaired) electrons. The Balaban J connectivity index is 2.29. The van der Waals surface area contributed by atoms with Crippen LogP contribution in [-0.2, 0) is 0 Å². The second-order valence-electron chi connectivity index (χ2n) is 2.94. The van der Waals surface area contributed by atoms with Crippen molar-refractivity contribution in [2.45, 2.75) is 0 Å². The Morgan fingerprint density at radius 1 is 1.07 bits per heavy atom. The van der Waals surface area contributed by atoms with Gasteiger partial charge in [-0.15, -0.1) is 0 Å². The monoisotopic (exact) mass is 194 g/mol. The zero-order chi connectivity index (χ0) is 10.5. The number of rotatable bonds is 2. The molecular weight excluding hydrogens is 186 g/mol. The lowest BCUT2D eigenvalue weighted by atomic mass is 10.2. The predicted octanol–water partition coefficient (Wildman–Crippen LogP) is 3.15. The third-order valence-electron chi connectivity index (χ3n) is 1.90. The number of ether oxygens (including phenoxy) is 1. The van der Waals surface area contributed by atoms with Crippen LogP contribution in [0, 0.1) is 17.4 Å². The highest BCUT2D eigenvalue weighted by Crippen LogP contribution is 2.23. The third kappa shape index (κ3) is 2.15. The summed E-state index contributed by atoms with van der Waals surface area (Å²) < 4.78 is 5.52. The Kier molecular flexibility index (Phi) is 2.66. The maximum Gasteiger partial charge on any atom is 0.153 e. The molecule has 0 heterocycles. The molecule has 71 valence electrons. The maximum absolute atomic E-state index is 8.85. The van der Waals surface area contributed by atoms with Gasteiger partial charge in [0.1, 0.15) is 11.8 Å². The first kappa shape index (κ1) is 9.29. The van der Waals surface area contributed by atoms with Crippen molar-refractivity contribution < 1.29 is 4.74 Å². The minimum Gasteiger partial charge on any atom is -0.455 e. The summed E-state index contributed by atoms with van der Waals surface area (Å²) in [6, 6.07) is 19.5. The molecule has 2 rings (SSSR count). The fourth-order valence-corrected chi connectivity index (χ4v) is 1.20. The summed E-state index contributed by atoms with van der Waals surface area (Å²) in [7, 11) is 0. The highest BCUT2D eigenvalue weighted by Gasteiger charge is 2.02. The second-order valence-corrected chi connectivity index (χ2v) is 2.94. The number of hydrogen-bond acceptors (Lipinski definition) is 2. The molecule has 0 aliphatic heterocycles. The standard InChI is InChI=1S/C13H8NO/c14-10-11-6-4-5-9-13(11)15-12-7-2-1-3-8-12/h1-8H. The van der Waals surface area contributed by atoms with Crippen molar-refractivity contribution in [3.63, 3.8) is 0 Å². The van der Waals surface area contributed by atoms with Crippen LogP contribution in [-0.4, -0.2) is 0 Å². The summed E-state index contributed by atoms with van der Waals surface area (Å²) >= 11 is 0. The molecule has 2 aromatic carbocycles. The molecular formula is C13H8NO. The van der Waals surface area contributed by atoms with Gasteiger partial charge < -0.3 is 4.74 Å². The van der Waals surface area contributed by atoms with E-state index in [1.807, 2.05) is 30.3 Å². The Morgan fingerprint density at radius 2 is 1.87 bits per heavy atom. The van der Waals surface area contributed by atoms with Crippen LogP contribution in [0.5, 0.6) is 11.5 Å². The minimum atomic E-state index is 0.464. The highest BCUT2D eigenvalue weighted by atomic mass is 16.5. The fourth-order valence-electron chi connectivity index (χ4n) is 1.20. The average molecular weight is 194 g/mol. The molecule has 0 unspecified atom stereocenters. The first-order chi connectivity index (χ1) is 7.40. The molecule has 0 saturated carbocycles. The van der Waals surface area contributed by atoms with E-state index >= 15 is 0 Å². The Hall–Kier alpha value is -2.27. The molecule has 0 atom stereocenters. The fraction of sp³-hybridized carbons (Fsp3) is 0. The van der Waals surface area contributed by atoms with Gasteiger partial charge in [0.25, 0.3) is 0 Å². The lowest BCUT2D eigenvalue weighted by Gasteiger charge is -2.05. The van der Waals surface area contributed by atoms with Crippen molar-refractivity contribution >= 4 is 0 Å². The summed E-state index contributed by atoms with van der Waals surface area (Å²) in [5, 5.41) is 8.85. The molecule has 15 heavy (non-hydrogen) atoms. The van der Waals surface area contributed by atoms with E-state index in [1.165, 1.54) is 0 Å². The van der Waals surface area contributed by atoms with Gasteiger partial charge in [0.15, 0.2) is 5.75 Å². The topological polar surface area (TPSA) is 33.0 Å². The summed E-state index contributed by atoms with van der Waals surface area (Å²) in [6.45, 7) is 0. The van der Waals surface area contributed by atoms with Gasteiger partial charge in [-0.3, -0.25) is 0 Å². The second kappa shape index (κ2) is 4.30. The maximum atomic E-state index is 8.85. The average Bonchev–Trinajstić information content (AvgIpc) is 2.31. The Morgan fingerprint density at radius 3 is 2.60 bits per heavy atom. The highest BCUT2D eigenvalue weighted by molar-refractivity contribution is 5.44. The van der Waals surface area contributed by atoms with Crippen LogP contribution in [0.25, 0.3) is 0 Å². The molecule has 0 saturated heterocycles. The molecule has 0 amide bonds. The molecule has 0 fully saturated rings.